The number of carbonyl (C=O) groups excluding carboxylic acids is 1. The highest BCUT2D eigenvalue weighted by atomic mass is 16.1. The van der Waals surface area contributed by atoms with Crippen molar-refractivity contribution in [3.8, 4) is 0 Å². The Labute approximate surface area is 112 Å². The van der Waals surface area contributed by atoms with Crippen LogP contribution < -0.4 is 11.1 Å². The number of nitrogens with two attached hydrogens (primary N) is 1. The van der Waals surface area contributed by atoms with Crippen LogP contribution in [0.5, 0.6) is 0 Å². The zero-order valence-electron chi connectivity index (χ0n) is 11.2. The first-order valence-corrected chi connectivity index (χ1v) is 6.42. The minimum absolute atomic E-state index is 0.0162. The smallest absolute Gasteiger partial charge is 0.220 e. The van der Waals surface area contributed by atoms with E-state index in [1.54, 1.807) is 0 Å². The molecule has 2 unspecified atom stereocenters. The van der Waals surface area contributed by atoms with Crippen LogP contribution in [0, 0.1) is 0 Å². The third-order valence-electron chi connectivity index (χ3n) is 2.93. The third-order valence-corrected chi connectivity index (χ3v) is 2.93. The van der Waals surface area contributed by atoms with E-state index in [-0.39, 0.29) is 18.0 Å². The Hall–Kier alpha value is -1.95. The van der Waals surface area contributed by atoms with Crippen molar-refractivity contribution < 1.29 is 4.79 Å². The van der Waals surface area contributed by atoms with E-state index in [2.05, 4.69) is 15.5 Å². The summed E-state index contributed by atoms with van der Waals surface area (Å²) in [6.07, 6.45) is 2.99. The molecule has 0 aromatic carbocycles. The van der Waals surface area contributed by atoms with Crippen LogP contribution in [0.3, 0.4) is 0 Å². The van der Waals surface area contributed by atoms with Crippen molar-refractivity contribution in [2.75, 3.05) is 0 Å². The van der Waals surface area contributed by atoms with Crippen molar-refractivity contribution in [3.63, 3.8) is 0 Å². The highest BCUT2D eigenvalue weighted by Crippen LogP contribution is 2.11. The normalized spacial score (nSPS) is 14.3. The molecule has 2 rings (SSSR count). The summed E-state index contributed by atoms with van der Waals surface area (Å²) < 4.78 is 1.87. The molecule has 2 atom stereocenters. The van der Waals surface area contributed by atoms with Gasteiger partial charge in [0.1, 0.15) is 0 Å². The van der Waals surface area contributed by atoms with Gasteiger partial charge in [0.15, 0.2) is 11.5 Å². The lowest BCUT2D eigenvalue weighted by Gasteiger charge is -2.13. The highest BCUT2D eigenvalue weighted by Gasteiger charge is 2.15. The Morgan fingerprint density at radius 1 is 1.42 bits per heavy atom. The number of nitrogens with one attached hydrogen (secondary N) is 1. The fourth-order valence-corrected chi connectivity index (χ4v) is 1.89. The topological polar surface area (TPSA) is 85.3 Å². The number of fused-ring (bicyclic) bond motifs is 1. The predicted octanol–water partition coefficient (Wildman–Crippen LogP) is 1.03. The van der Waals surface area contributed by atoms with Crippen LogP contribution in [-0.2, 0) is 4.79 Å². The van der Waals surface area contributed by atoms with E-state index in [0.717, 1.165) is 11.5 Å². The summed E-state index contributed by atoms with van der Waals surface area (Å²) in [6, 6.07) is 5.54. The number of hydrogen-bond acceptors (Lipinski definition) is 4. The van der Waals surface area contributed by atoms with Crippen molar-refractivity contribution in [2.45, 2.75) is 38.8 Å². The second kappa shape index (κ2) is 5.79. The van der Waals surface area contributed by atoms with Crippen molar-refractivity contribution in [1.29, 1.82) is 0 Å². The van der Waals surface area contributed by atoms with Crippen molar-refractivity contribution in [2.24, 2.45) is 5.73 Å². The molecule has 0 aliphatic carbocycles. The quantitative estimate of drug-likeness (QED) is 0.842. The maximum Gasteiger partial charge on any atom is 0.220 e. The van der Waals surface area contributed by atoms with E-state index < -0.39 is 0 Å². The summed E-state index contributed by atoms with van der Waals surface area (Å²) in [4.78, 5) is 11.8. The zero-order chi connectivity index (χ0) is 13.8. The van der Waals surface area contributed by atoms with Gasteiger partial charge in [-0.05, 0) is 32.4 Å². The number of amides is 1. The molecule has 2 aromatic heterocycles. The van der Waals surface area contributed by atoms with Gasteiger partial charge in [0.2, 0.25) is 5.91 Å². The molecule has 2 heterocycles. The Morgan fingerprint density at radius 3 is 2.95 bits per heavy atom. The maximum absolute atomic E-state index is 11.8. The lowest BCUT2D eigenvalue weighted by Crippen LogP contribution is -2.29. The number of rotatable bonds is 5. The Morgan fingerprint density at radius 2 is 2.21 bits per heavy atom. The fourth-order valence-electron chi connectivity index (χ4n) is 1.89. The van der Waals surface area contributed by atoms with Crippen molar-refractivity contribution >= 4 is 11.6 Å². The van der Waals surface area contributed by atoms with Crippen LogP contribution in [0.25, 0.3) is 5.65 Å². The fraction of sp³-hybridized carbons (Fsp3) is 0.462. The summed E-state index contributed by atoms with van der Waals surface area (Å²) in [7, 11) is 0. The summed E-state index contributed by atoms with van der Waals surface area (Å²) >= 11 is 0. The van der Waals surface area contributed by atoms with E-state index in [4.69, 9.17) is 5.73 Å². The molecule has 0 aliphatic rings. The van der Waals surface area contributed by atoms with Crippen molar-refractivity contribution in [1.82, 2.24) is 19.9 Å². The van der Waals surface area contributed by atoms with Crippen LogP contribution >= 0.6 is 0 Å². The molecule has 2 aromatic rings. The Balaban J connectivity index is 2.03. The van der Waals surface area contributed by atoms with Gasteiger partial charge in [-0.15, -0.1) is 10.2 Å². The number of aromatic nitrogens is 3. The van der Waals surface area contributed by atoms with E-state index in [1.165, 1.54) is 0 Å². The molecule has 1 amide bonds. The minimum atomic E-state index is -0.182. The molecule has 0 aliphatic heterocycles. The lowest BCUT2D eigenvalue weighted by atomic mass is 10.2. The average molecular weight is 261 g/mol. The van der Waals surface area contributed by atoms with Gasteiger partial charge in [-0.2, -0.15) is 0 Å². The van der Waals surface area contributed by atoms with Crippen LogP contribution in [0.1, 0.15) is 38.6 Å². The number of pyridine rings is 1. The minimum Gasteiger partial charge on any atom is -0.346 e. The molecule has 0 saturated heterocycles. The third kappa shape index (κ3) is 3.29. The zero-order valence-corrected chi connectivity index (χ0v) is 11.2. The molecular weight excluding hydrogens is 242 g/mol. The van der Waals surface area contributed by atoms with Crippen LogP contribution in [0.15, 0.2) is 24.4 Å². The maximum atomic E-state index is 11.8. The number of carbonyl (C=O) groups is 1. The van der Waals surface area contributed by atoms with Crippen molar-refractivity contribution in [3.05, 3.63) is 30.2 Å². The molecule has 0 fully saturated rings. The van der Waals surface area contributed by atoms with E-state index >= 15 is 0 Å². The molecular formula is C13H19N5O. The van der Waals surface area contributed by atoms with E-state index in [1.807, 2.05) is 42.6 Å². The first-order chi connectivity index (χ1) is 9.08. The van der Waals surface area contributed by atoms with Crippen LogP contribution in [-0.4, -0.2) is 26.5 Å². The summed E-state index contributed by atoms with van der Waals surface area (Å²) in [5, 5.41) is 11.1. The molecule has 6 heteroatoms. The predicted molar refractivity (Wildman–Crippen MR) is 72.4 cm³/mol. The van der Waals surface area contributed by atoms with Gasteiger partial charge >= 0.3 is 0 Å². The molecule has 0 spiro atoms. The monoisotopic (exact) mass is 261 g/mol. The van der Waals surface area contributed by atoms with Gasteiger partial charge in [0.25, 0.3) is 0 Å². The van der Waals surface area contributed by atoms with Gasteiger partial charge in [-0.25, -0.2) is 0 Å². The first kappa shape index (κ1) is 13.5. The summed E-state index contributed by atoms with van der Waals surface area (Å²) in [5.74, 6) is 0.710. The second-order valence-electron chi connectivity index (χ2n) is 4.79. The standard InChI is InChI=1S/C13H19N5O/c1-9(14)6-7-12(19)15-10(2)13-17-16-11-5-3-4-8-18(11)13/h3-5,8-10H,6-7,14H2,1-2H3,(H,15,19). The lowest BCUT2D eigenvalue weighted by molar-refractivity contribution is -0.121. The second-order valence-corrected chi connectivity index (χ2v) is 4.79. The molecule has 3 N–H and O–H groups in total. The molecule has 6 nitrogen and oxygen atoms in total. The molecule has 102 valence electrons. The average Bonchev–Trinajstić information content (AvgIpc) is 2.80. The van der Waals surface area contributed by atoms with E-state index in [0.29, 0.717) is 12.8 Å². The van der Waals surface area contributed by atoms with Crippen LogP contribution in [0.2, 0.25) is 0 Å². The van der Waals surface area contributed by atoms with Gasteiger partial charge in [-0.3, -0.25) is 9.20 Å². The van der Waals surface area contributed by atoms with Gasteiger partial charge in [-0.1, -0.05) is 6.07 Å². The molecule has 0 bridgehead atoms. The van der Waals surface area contributed by atoms with Gasteiger partial charge in [0.05, 0.1) is 6.04 Å². The molecule has 19 heavy (non-hydrogen) atoms. The Kier molecular flexibility index (Phi) is 4.11. The van der Waals surface area contributed by atoms with E-state index in [9.17, 15) is 4.79 Å². The van der Waals surface area contributed by atoms with Gasteiger partial charge < -0.3 is 11.1 Å². The Bertz CT molecular complexity index is 563. The largest absolute Gasteiger partial charge is 0.346 e. The number of nitrogens with zero attached hydrogens (tertiary/aromatic N) is 3. The SMILES string of the molecule is CC(N)CCC(=O)NC(C)c1nnc2ccccn12. The first-order valence-electron chi connectivity index (χ1n) is 6.42. The highest BCUT2D eigenvalue weighted by molar-refractivity contribution is 5.76. The molecule has 0 saturated carbocycles. The number of hydrogen-bond donors (Lipinski definition) is 2. The summed E-state index contributed by atoms with van der Waals surface area (Å²) in [6.45, 7) is 3.79. The summed E-state index contributed by atoms with van der Waals surface area (Å²) in [5.41, 5.74) is 6.41. The van der Waals surface area contributed by atoms with Crippen LogP contribution in [0.4, 0.5) is 0 Å². The molecule has 0 radical (unpaired) electrons. The van der Waals surface area contributed by atoms with Gasteiger partial charge in [0, 0.05) is 18.7 Å².